The Bertz CT molecular complexity index is 711. The summed E-state index contributed by atoms with van der Waals surface area (Å²) >= 11 is 0. The lowest BCUT2D eigenvalue weighted by molar-refractivity contribution is -0.305. The van der Waals surface area contributed by atoms with Crippen molar-refractivity contribution in [1.82, 2.24) is 0 Å². The maximum atomic E-state index is 12.4. The molecule has 0 aromatic heterocycles. The fourth-order valence-corrected chi connectivity index (χ4v) is 9.33. The van der Waals surface area contributed by atoms with Crippen LogP contribution >= 0.6 is 0 Å². The second kappa shape index (κ2) is 5.43. The minimum atomic E-state index is -0.490. The third kappa shape index (κ3) is 2.66. The first kappa shape index (κ1) is 17.9. The summed E-state index contributed by atoms with van der Waals surface area (Å²) in [6.07, 6.45) is 12.7. The van der Waals surface area contributed by atoms with Crippen LogP contribution in [-0.4, -0.2) is 33.5 Å². The monoisotopic (exact) mass is 386 g/mol. The summed E-state index contributed by atoms with van der Waals surface area (Å²) in [6, 6.07) is 0. The Morgan fingerprint density at radius 1 is 0.821 bits per heavy atom. The fourth-order valence-electron chi connectivity index (χ4n) is 9.33. The van der Waals surface area contributed by atoms with E-state index in [-0.39, 0.29) is 22.8 Å². The van der Waals surface area contributed by atoms with Gasteiger partial charge in [0.2, 0.25) is 0 Å². The maximum absolute atomic E-state index is 12.4. The molecule has 4 heteroatoms. The third-order valence-electron chi connectivity index (χ3n) is 9.02. The second-order valence-corrected chi connectivity index (χ2v) is 12.0. The molecule has 154 valence electrons. The SMILES string of the molecule is C=C(C)C(=O)OC12CC3CC(C1)CC(OC14CC5CC(CC(O)(C5)C1)C4)(C3)C2. The highest BCUT2D eigenvalue weighted by atomic mass is 16.6. The van der Waals surface area contributed by atoms with E-state index in [1.54, 1.807) is 6.92 Å². The molecular weight excluding hydrogens is 352 g/mol. The van der Waals surface area contributed by atoms with Crippen molar-refractivity contribution in [3.05, 3.63) is 12.2 Å². The quantitative estimate of drug-likeness (QED) is 0.578. The first-order chi connectivity index (χ1) is 13.2. The maximum Gasteiger partial charge on any atom is 0.333 e. The molecule has 8 bridgehead atoms. The third-order valence-corrected chi connectivity index (χ3v) is 9.02. The number of ether oxygens (including phenoxy) is 2. The zero-order chi connectivity index (χ0) is 19.4. The van der Waals surface area contributed by atoms with Crippen molar-refractivity contribution in [2.24, 2.45) is 23.7 Å². The molecule has 0 spiro atoms. The standard InChI is InChI=1S/C24H34O4/c1-15(2)20(25)27-22-7-18-4-19(8-22)12-24(11-18,14-22)28-23-9-16-3-17(10-23)6-21(26,5-16)13-23/h16-19,26H,1,3-14H2,2H3. The Balaban J connectivity index is 1.29. The van der Waals surface area contributed by atoms with E-state index in [9.17, 15) is 9.90 Å². The van der Waals surface area contributed by atoms with E-state index >= 15 is 0 Å². The Hall–Kier alpha value is -0.870. The van der Waals surface area contributed by atoms with E-state index in [0.717, 1.165) is 64.2 Å². The van der Waals surface area contributed by atoms with Gasteiger partial charge in [0.1, 0.15) is 5.60 Å². The first-order valence-corrected chi connectivity index (χ1v) is 11.5. The van der Waals surface area contributed by atoms with Gasteiger partial charge in [0.15, 0.2) is 0 Å². The molecule has 0 heterocycles. The van der Waals surface area contributed by atoms with Gasteiger partial charge in [-0.25, -0.2) is 4.79 Å². The smallest absolute Gasteiger partial charge is 0.333 e. The Morgan fingerprint density at radius 2 is 1.29 bits per heavy atom. The molecule has 0 radical (unpaired) electrons. The molecule has 4 unspecified atom stereocenters. The molecule has 4 nitrogen and oxygen atoms in total. The van der Waals surface area contributed by atoms with E-state index in [2.05, 4.69) is 6.58 Å². The zero-order valence-electron chi connectivity index (χ0n) is 17.2. The molecule has 28 heavy (non-hydrogen) atoms. The predicted molar refractivity (Wildman–Crippen MR) is 104 cm³/mol. The van der Waals surface area contributed by atoms with Crippen molar-refractivity contribution in [1.29, 1.82) is 0 Å². The molecule has 8 fully saturated rings. The van der Waals surface area contributed by atoms with Gasteiger partial charge in [0.25, 0.3) is 0 Å². The van der Waals surface area contributed by atoms with Crippen molar-refractivity contribution in [3.8, 4) is 0 Å². The van der Waals surface area contributed by atoms with Gasteiger partial charge in [0.05, 0.1) is 16.8 Å². The molecule has 0 aliphatic heterocycles. The number of aliphatic hydroxyl groups is 1. The number of hydrogen-bond acceptors (Lipinski definition) is 4. The summed E-state index contributed by atoms with van der Waals surface area (Å²) in [4.78, 5) is 12.4. The number of carbonyl (C=O) groups is 1. The fraction of sp³-hybridized carbons (Fsp3) is 0.875. The Morgan fingerprint density at radius 3 is 1.79 bits per heavy atom. The normalized spacial score (nSPS) is 55.5. The Labute approximate surface area is 168 Å². The van der Waals surface area contributed by atoms with E-state index in [1.165, 1.54) is 12.8 Å². The average Bonchev–Trinajstić information content (AvgIpc) is 2.48. The first-order valence-electron chi connectivity index (χ1n) is 11.5. The van der Waals surface area contributed by atoms with Crippen molar-refractivity contribution >= 4 is 5.97 Å². The van der Waals surface area contributed by atoms with Crippen molar-refractivity contribution < 1.29 is 19.4 Å². The van der Waals surface area contributed by atoms with Gasteiger partial charge in [-0.15, -0.1) is 0 Å². The predicted octanol–water partition coefficient (Wildman–Crippen LogP) is 4.30. The van der Waals surface area contributed by atoms with Gasteiger partial charge in [-0.3, -0.25) is 0 Å². The van der Waals surface area contributed by atoms with Gasteiger partial charge < -0.3 is 14.6 Å². The van der Waals surface area contributed by atoms with Crippen LogP contribution in [-0.2, 0) is 14.3 Å². The number of hydrogen-bond donors (Lipinski definition) is 1. The summed E-state index contributed by atoms with van der Waals surface area (Å²) in [5.74, 6) is 2.25. The minimum absolute atomic E-state index is 0.135. The van der Waals surface area contributed by atoms with Crippen molar-refractivity contribution in [2.45, 2.75) is 106 Å². The van der Waals surface area contributed by atoms with Crippen LogP contribution in [0.4, 0.5) is 0 Å². The molecule has 8 aliphatic rings. The number of rotatable bonds is 4. The Kier molecular flexibility index (Phi) is 3.48. The van der Waals surface area contributed by atoms with Gasteiger partial charge in [0, 0.05) is 18.4 Å². The summed E-state index contributed by atoms with van der Waals surface area (Å²) in [5, 5.41) is 11.2. The summed E-state index contributed by atoms with van der Waals surface area (Å²) in [6.45, 7) is 5.53. The summed E-state index contributed by atoms with van der Waals surface area (Å²) in [5.41, 5.74) is -0.629. The van der Waals surface area contributed by atoms with Crippen molar-refractivity contribution in [2.75, 3.05) is 0 Å². The molecule has 8 saturated carbocycles. The van der Waals surface area contributed by atoms with E-state index in [4.69, 9.17) is 9.47 Å². The highest BCUT2D eigenvalue weighted by Gasteiger charge is 2.65. The molecule has 8 rings (SSSR count). The highest BCUT2D eigenvalue weighted by Crippen LogP contribution is 2.65. The highest BCUT2D eigenvalue weighted by molar-refractivity contribution is 5.87. The van der Waals surface area contributed by atoms with Crippen LogP contribution in [0.25, 0.3) is 0 Å². The number of carbonyl (C=O) groups excluding carboxylic acids is 1. The molecule has 0 saturated heterocycles. The lowest BCUT2D eigenvalue weighted by Crippen LogP contribution is -2.67. The van der Waals surface area contributed by atoms with Crippen LogP contribution in [0.15, 0.2) is 12.2 Å². The molecule has 0 aromatic rings. The molecule has 1 N–H and O–H groups in total. The van der Waals surface area contributed by atoms with E-state index < -0.39 is 5.60 Å². The van der Waals surface area contributed by atoms with E-state index in [0.29, 0.717) is 29.2 Å². The van der Waals surface area contributed by atoms with Crippen LogP contribution < -0.4 is 0 Å². The lowest BCUT2D eigenvalue weighted by atomic mass is 9.50. The van der Waals surface area contributed by atoms with Crippen LogP contribution in [0.3, 0.4) is 0 Å². The average molecular weight is 387 g/mol. The summed E-state index contributed by atoms with van der Waals surface area (Å²) in [7, 11) is 0. The lowest BCUT2D eigenvalue weighted by Gasteiger charge is -2.66. The minimum Gasteiger partial charge on any atom is -0.456 e. The van der Waals surface area contributed by atoms with E-state index in [1.807, 2.05) is 0 Å². The second-order valence-electron chi connectivity index (χ2n) is 12.0. The van der Waals surface area contributed by atoms with Gasteiger partial charge in [-0.05, 0) is 94.8 Å². The molecule has 0 aromatic carbocycles. The molecule has 8 aliphatic carbocycles. The molecular formula is C24H34O4. The summed E-state index contributed by atoms with van der Waals surface area (Å²) < 4.78 is 13.3. The number of esters is 1. The van der Waals surface area contributed by atoms with Gasteiger partial charge >= 0.3 is 5.97 Å². The zero-order valence-corrected chi connectivity index (χ0v) is 17.2. The van der Waals surface area contributed by atoms with Crippen LogP contribution in [0.2, 0.25) is 0 Å². The van der Waals surface area contributed by atoms with Crippen LogP contribution in [0.1, 0.15) is 84.0 Å². The van der Waals surface area contributed by atoms with Crippen LogP contribution in [0, 0.1) is 23.7 Å². The van der Waals surface area contributed by atoms with Crippen molar-refractivity contribution in [3.63, 3.8) is 0 Å². The van der Waals surface area contributed by atoms with Gasteiger partial charge in [-0.1, -0.05) is 6.58 Å². The topological polar surface area (TPSA) is 55.8 Å². The van der Waals surface area contributed by atoms with Gasteiger partial charge in [-0.2, -0.15) is 0 Å². The molecule has 4 atom stereocenters. The molecule has 0 amide bonds. The largest absolute Gasteiger partial charge is 0.456 e. The van der Waals surface area contributed by atoms with Crippen LogP contribution in [0.5, 0.6) is 0 Å².